The first-order valence-corrected chi connectivity index (χ1v) is 7.29. The van der Waals surface area contributed by atoms with Gasteiger partial charge < -0.3 is 10.2 Å². The van der Waals surface area contributed by atoms with Crippen LogP contribution in [0.2, 0.25) is 0 Å². The van der Waals surface area contributed by atoms with Gasteiger partial charge in [-0.05, 0) is 33.3 Å². The van der Waals surface area contributed by atoms with Gasteiger partial charge in [0.2, 0.25) is 0 Å². The van der Waals surface area contributed by atoms with Crippen LogP contribution in [0.1, 0.15) is 44.5 Å². The number of nitro benzene ring substituents is 1. The average molecular weight is 293 g/mol. The highest BCUT2D eigenvalue weighted by Gasteiger charge is 2.23. The summed E-state index contributed by atoms with van der Waals surface area (Å²) in [6.45, 7) is 9.04. The van der Waals surface area contributed by atoms with Crippen molar-refractivity contribution in [2.45, 2.75) is 40.2 Å². The summed E-state index contributed by atoms with van der Waals surface area (Å²) in [4.78, 5) is 24.9. The van der Waals surface area contributed by atoms with Crippen molar-refractivity contribution < 1.29 is 9.72 Å². The molecule has 1 unspecified atom stereocenters. The maximum absolute atomic E-state index is 12.7. The molecule has 0 spiro atoms. The molecule has 0 radical (unpaired) electrons. The van der Waals surface area contributed by atoms with Gasteiger partial charge in [-0.25, -0.2) is 0 Å². The Morgan fingerprint density at radius 2 is 2.05 bits per heavy atom. The van der Waals surface area contributed by atoms with Crippen LogP contribution in [0.5, 0.6) is 0 Å². The third-order valence-electron chi connectivity index (χ3n) is 3.54. The zero-order valence-electron chi connectivity index (χ0n) is 13.0. The van der Waals surface area contributed by atoms with Crippen molar-refractivity contribution in [2.24, 2.45) is 0 Å². The number of hydrogen-bond acceptors (Lipinski definition) is 4. The van der Waals surface area contributed by atoms with Crippen LogP contribution in [-0.4, -0.2) is 34.9 Å². The molecule has 1 atom stereocenters. The van der Waals surface area contributed by atoms with E-state index in [1.807, 2.05) is 27.7 Å². The first-order valence-electron chi connectivity index (χ1n) is 7.29. The maximum Gasteiger partial charge on any atom is 0.270 e. The van der Waals surface area contributed by atoms with Gasteiger partial charge in [0.15, 0.2) is 0 Å². The summed E-state index contributed by atoms with van der Waals surface area (Å²) in [6.07, 6.45) is 0.838. The van der Waals surface area contributed by atoms with Crippen LogP contribution < -0.4 is 5.32 Å². The second kappa shape index (κ2) is 7.61. The van der Waals surface area contributed by atoms with E-state index in [2.05, 4.69) is 5.32 Å². The molecule has 0 bridgehead atoms. The Morgan fingerprint density at radius 1 is 1.38 bits per heavy atom. The molecule has 1 amide bonds. The normalized spacial score (nSPS) is 11.8. The van der Waals surface area contributed by atoms with Crippen molar-refractivity contribution in [3.8, 4) is 0 Å². The van der Waals surface area contributed by atoms with Gasteiger partial charge in [-0.1, -0.05) is 6.92 Å². The molecular formula is C15H23N3O3. The quantitative estimate of drug-likeness (QED) is 0.618. The highest BCUT2D eigenvalue weighted by molar-refractivity contribution is 6.00. The van der Waals surface area contributed by atoms with E-state index in [0.717, 1.165) is 6.42 Å². The van der Waals surface area contributed by atoms with Crippen molar-refractivity contribution in [3.63, 3.8) is 0 Å². The Balaban J connectivity index is 3.26. The molecule has 1 aromatic carbocycles. The number of anilines is 1. The van der Waals surface area contributed by atoms with Crippen LogP contribution in [-0.2, 0) is 0 Å². The molecule has 21 heavy (non-hydrogen) atoms. The van der Waals surface area contributed by atoms with Gasteiger partial charge in [0.1, 0.15) is 0 Å². The minimum Gasteiger partial charge on any atom is -0.385 e. The summed E-state index contributed by atoms with van der Waals surface area (Å²) in [6, 6.07) is 4.45. The van der Waals surface area contributed by atoms with Crippen molar-refractivity contribution in [3.05, 3.63) is 33.9 Å². The molecule has 0 aromatic heterocycles. The van der Waals surface area contributed by atoms with E-state index < -0.39 is 4.92 Å². The molecule has 0 fully saturated rings. The summed E-state index contributed by atoms with van der Waals surface area (Å²) >= 11 is 0. The van der Waals surface area contributed by atoms with Gasteiger partial charge in [0, 0.05) is 37.0 Å². The Bertz CT molecular complexity index is 517. The number of nitrogens with zero attached hydrogens (tertiary/aromatic N) is 2. The molecule has 1 rings (SSSR count). The largest absolute Gasteiger partial charge is 0.385 e. The molecule has 0 aliphatic rings. The first-order chi connectivity index (χ1) is 9.96. The fourth-order valence-electron chi connectivity index (χ4n) is 2.20. The third kappa shape index (κ3) is 3.93. The SMILES string of the molecule is CCNc1ccc([N+](=O)[O-])cc1C(=O)N(CC)C(C)CC. The molecule has 0 saturated carbocycles. The molecular weight excluding hydrogens is 270 g/mol. The lowest BCUT2D eigenvalue weighted by molar-refractivity contribution is -0.384. The Labute approximate surface area is 125 Å². The number of non-ortho nitro benzene ring substituents is 1. The second-order valence-corrected chi connectivity index (χ2v) is 4.87. The number of carbonyl (C=O) groups is 1. The number of rotatable bonds is 7. The number of nitro groups is 1. The van der Waals surface area contributed by atoms with Crippen LogP contribution in [0.4, 0.5) is 11.4 Å². The van der Waals surface area contributed by atoms with E-state index >= 15 is 0 Å². The number of nitrogens with one attached hydrogen (secondary N) is 1. The molecule has 0 aliphatic heterocycles. The van der Waals surface area contributed by atoms with E-state index in [1.165, 1.54) is 12.1 Å². The van der Waals surface area contributed by atoms with Gasteiger partial charge >= 0.3 is 0 Å². The van der Waals surface area contributed by atoms with Crippen LogP contribution in [0, 0.1) is 10.1 Å². The lowest BCUT2D eigenvalue weighted by atomic mass is 10.1. The minimum atomic E-state index is -0.480. The van der Waals surface area contributed by atoms with Crippen molar-refractivity contribution in [1.29, 1.82) is 0 Å². The zero-order chi connectivity index (χ0) is 16.0. The molecule has 6 nitrogen and oxygen atoms in total. The van der Waals surface area contributed by atoms with E-state index in [4.69, 9.17) is 0 Å². The first kappa shape index (κ1) is 16.9. The van der Waals surface area contributed by atoms with Crippen LogP contribution >= 0.6 is 0 Å². The Kier molecular flexibility index (Phi) is 6.14. The highest BCUT2D eigenvalue weighted by Crippen LogP contribution is 2.24. The van der Waals surface area contributed by atoms with E-state index in [1.54, 1.807) is 11.0 Å². The van der Waals surface area contributed by atoms with Gasteiger partial charge in [-0.2, -0.15) is 0 Å². The highest BCUT2D eigenvalue weighted by atomic mass is 16.6. The number of carbonyl (C=O) groups excluding carboxylic acids is 1. The standard InChI is InChI=1S/C15H23N3O3/c1-5-11(4)17(7-3)15(19)13-10-12(18(20)21)8-9-14(13)16-6-2/h8-11,16H,5-7H2,1-4H3. The number of hydrogen-bond donors (Lipinski definition) is 1. The van der Waals surface area contributed by atoms with Crippen molar-refractivity contribution in [1.82, 2.24) is 4.90 Å². The van der Waals surface area contributed by atoms with Crippen LogP contribution in [0.15, 0.2) is 18.2 Å². The number of benzene rings is 1. The molecule has 1 N–H and O–H groups in total. The van der Waals surface area contributed by atoms with Crippen molar-refractivity contribution in [2.75, 3.05) is 18.4 Å². The smallest absolute Gasteiger partial charge is 0.270 e. The predicted octanol–water partition coefficient (Wildman–Crippen LogP) is 3.29. The van der Waals surface area contributed by atoms with Crippen LogP contribution in [0.3, 0.4) is 0 Å². The fraction of sp³-hybridized carbons (Fsp3) is 0.533. The maximum atomic E-state index is 12.7. The lowest BCUT2D eigenvalue weighted by Crippen LogP contribution is -2.38. The molecule has 1 aromatic rings. The lowest BCUT2D eigenvalue weighted by Gasteiger charge is -2.28. The Hall–Kier alpha value is -2.11. The zero-order valence-corrected chi connectivity index (χ0v) is 13.0. The van der Waals surface area contributed by atoms with E-state index in [0.29, 0.717) is 24.3 Å². The summed E-state index contributed by atoms with van der Waals surface area (Å²) < 4.78 is 0. The molecule has 0 aliphatic carbocycles. The van der Waals surface area contributed by atoms with Gasteiger partial charge in [0.25, 0.3) is 11.6 Å². The van der Waals surface area contributed by atoms with Gasteiger partial charge in [-0.15, -0.1) is 0 Å². The molecule has 0 saturated heterocycles. The van der Waals surface area contributed by atoms with E-state index in [9.17, 15) is 14.9 Å². The van der Waals surface area contributed by atoms with Gasteiger partial charge in [0.05, 0.1) is 10.5 Å². The summed E-state index contributed by atoms with van der Waals surface area (Å²) in [5.41, 5.74) is 0.920. The molecule has 0 heterocycles. The molecule has 6 heteroatoms. The average Bonchev–Trinajstić information content (AvgIpc) is 2.48. The predicted molar refractivity (Wildman–Crippen MR) is 83.7 cm³/mol. The van der Waals surface area contributed by atoms with Gasteiger partial charge in [-0.3, -0.25) is 14.9 Å². The fourth-order valence-corrected chi connectivity index (χ4v) is 2.20. The number of amides is 1. The van der Waals surface area contributed by atoms with Crippen LogP contribution in [0.25, 0.3) is 0 Å². The Morgan fingerprint density at radius 3 is 2.52 bits per heavy atom. The second-order valence-electron chi connectivity index (χ2n) is 4.87. The third-order valence-corrected chi connectivity index (χ3v) is 3.54. The molecule has 116 valence electrons. The van der Waals surface area contributed by atoms with Crippen molar-refractivity contribution >= 4 is 17.3 Å². The topological polar surface area (TPSA) is 75.5 Å². The van der Waals surface area contributed by atoms with E-state index in [-0.39, 0.29) is 17.6 Å². The monoisotopic (exact) mass is 293 g/mol. The minimum absolute atomic E-state index is 0.0693. The summed E-state index contributed by atoms with van der Waals surface area (Å²) in [7, 11) is 0. The summed E-state index contributed by atoms with van der Waals surface area (Å²) in [5.74, 6) is -0.175. The summed E-state index contributed by atoms with van der Waals surface area (Å²) in [5, 5.41) is 14.0.